The number of ether oxygens (including phenoxy) is 2. The molecule has 0 bridgehead atoms. The third-order valence-corrected chi connectivity index (χ3v) is 3.14. The van der Waals surface area contributed by atoms with Crippen LogP contribution in [0.3, 0.4) is 0 Å². The van der Waals surface area contributed by atoms with Crippen molar-refractivity contribution in [2.75, 3.05) is 6.61 Å². The van der Waals surface area contributed by atoms with Gasteiger partial charge in [-0.05, 0) is 31.2 Å². The lowest BCUT2D eigenvalue weighted by Crippen LogP contribution is -2.10. The maximum atomic E-state index is 12.1. The van der Waals surface area contributed by atoms with Gasteiger partial charge in [0.15, 0.2) is 0 Å². The fourth-order valence-corrected chi connectivity index (χ4v) is 1.96. The average molecular weight is 360 g/mol. The number of esters is 2. The molecule has 26 heavy (non-hydrogen) atoms. The van der Waals surface area contributed by atoms with Gasteiger partial charge in [-0.3, -0.25) is 20.2 Å². The number of non-ortho nitro benzene ring substituents is 2. The van der Waals surface area contributed by atoms with Crippen LogP contribution in [-0.4, -0.2) is 28.4 Å². The van der Waals surface area contributed by atoms with Gasteiger partial charge in [0.1, 0.15) is 5.75 Å². The second-order valence-corrected chi connectivity index (χ2v) is 4.89. The van der Waals surface area contributed by atoms with Crippen LogP contribution >= 0.6 is 0 Å². The van der Waals surface area contributed by atoms with Gasteiger partial charge in [0, 0.05) is 12.1 Å². The van der Waals surface area contributed by atoms with Gasteiger partial charge in [-0.15, -0.1) is 0 Å². The van der Waals surface area contributed by atoms with Crippen molar-refractivity contribution >= 4 is 23.3 Å². The summed E-state index contributed by atoms with van der Waals surface area (Å²) in [6.07, 6.45) is 0. The molecule has 0 amide bonds. The zero-order valence-corrected chi connectivity index (χ0v) is 13.4. The first kappa shape index (κ1) is 18.5. The number of hydrogen-bond acceptors (Lipinski definition) is 8. The van der Waals surface area contributed by atoms with Crippen LogP contribution < -0.4 is 4.74 Å². The molecule has 0 heterocycles. The molecule has 0 atom stereocenters. The standard InChI is InChI=1S/C16H12N2O8/c1-2-25-15(19)10-3-5-14(6-4-10)26-16(20)11-7-12(17(21)22)9-13(8-11)18(23)24/h3-9H,2H2,1H3. The van der Waals surface area contributed by atoms with E-state index in [9.17, 15) is 29.8 Å². The number of benzene rings is 2. The molecular formula is C16H12N2O8. The van der Waals surface area contributed by atoms with Gasteiger partial charge in [-0.1, -0.05) is 0 Å². The smallest absolute Gasteiger partial charge is 0.344 e. The van der Waals surface area contributed by atoms with Crippen LogP contribution in [0.25, 0.3) is 0 Å². The first-order valence-electron chi connectivity index (χ1n) is 7.25. The fraction of sp³-hybridized carbons (Fsp3) is 0.125. The largest absolute Gasteiger partial charge is 0.462 e. The summed E-state index contributed by atoms with van der Waals surface area (Å²) in [4.78, 5) is 43.7. The number of hydrogen-bond donors (Lipinski definition) is 0. The van der Waals surface area contributed by atoms with E-state index in [0.717, 1.165) is 18.2 Å². The van der Waals surface area contributed by atoms with Crippen LogP contribution in [0.2, 0.25) is 0 Å². The fourth-order valence-electron chi connectivity index (χ4n) is 1.96. The molecule has 0 aliphatic heterocycles. The Kier molecular flexibility index (Phi) is 5.58. The lowest BCUT2D eigenvalue weighted by molar-refractivity contribution is -0.394. The Bertz CT molecular complexity index is 844. The summed E-state index contributed by atoms with van der Waals surface area (Å²) in [7, 11) is 0. The second kappa shape index (κ2) is 7.83. The van der Waals surface area contributed by atoms with E-state index >= 15 is 0 Å². The number of rotatable bonds is 6. The molecule has 0 aliphatic rings. The highest BCUT2D eigenvalue weighted by atomic mass is 16.6. The van der Waals surface area contributed by atoms with Crippen molar-refractivity contribution in [3.63, 3.8) is 0 Å². The Morgan fingerprint density at radius 1 is 0.885 bits per heavy atom. The molecule has 2 aromatic carbocycles. The number of carbonyl (C=O) groups is 2. The van der Waals surface area contributed by atoms with Crippen LogP contribution in [0.5, 0.6) is 5.75 Å². The predicted molar refractivity (Wildman–Crippen MR) is 87.1 cm³/mol. The van der Waals surface area contributed by atoms with Crippen molar-refractivity contribution < 1.29 is 28.9 Å². The van der Waals surface area contributed by atoms with E-state index in [1.54, 1.807) is 6.92 Å². The van der Waals surface area contributed by atoms with E-state index < -0.39 is 33.2 Å². The zero-order chi connectivity index (χ0) is 19.3. The van der Waals surface area contributed by atoms with E-state index in [-0.39, 0.29) is 23.5 Å². The summed E-state index contributed by atoms with van der Waals surface area (Å²) < 4.78 is 9.84. The second-order valence-electron chi connectivity index (χ2n) is 4.89. The topological polar surface area (TPSA) is 139 Å². The first-order valence-corrected chi connectivity index (χ1v) is 7.25. The Morgan fingerprint density at radius 3 is 1.88 bits per heavy atom. The van der Waals surface area contributed by atoms with E-state index in [4.69, 9.17) is 9.47 Å². The average Bonchev–Trinajstić information content (AvgIpc) is 2.62. The van der Waals surface area contributed by atoms with Crippen LogP contribution in [0.15, 0.2) is 42.5 Å². The molecule has 0 radical (unpaired) electrons. The molecule has 134 valence electrons. The Balaban J connectivity index is 2.23. The SMILES string of the molecule is CCOC(=O)c1ccc(OC(=O)c2cc([N+](=O)[O-])cc([N+](=O)[O-])c2)cc1. The molecule has 0 fully saturated rings. The van der Waals surface area contributed by atoms with Crippen molar-refractivity contribution in [3.8, 4) is 5.75 Å². The van der Waals surface area contributed by atoms with Gasteiger partial charge < -0.3 is 9.47 Å². The van der Waals surface area contributed by atoms with Gasteiger partial charge in [-0.2, -0.15) is 0 Å². The third kappa shape index (κ3) is 4.38. The van der Waals surface area contributed by atoms with Crippen molar-refractivity contribution in [1.82, 2.24) is 0 Å². The molecule has 10 heteroatoms. The molecular weight excluding hydrogens is 348 g/mol. The van der Waals surface area contributed by atoms with Crippen molar-refractivity contribution in [2.45, 2.75) is 6.92 Å². The molecule has 0 spiro atoms. The molecule has 0 saturated carbocycles. The summed E-state index contributed by atoms with van der Waals surface area (Å²) >= 11 is 0. The minimum atomic E-state index is -1.01. The van der Waals surface area contributed by atoms with E-state index in [1.165, 1.54) is 24.3 Å². The quantitative estimate of drug-likeness (QED) is 0.331. The number of nitrogens with zero attached hydrogens (tertiary/aromatic N) is 2. The van der Waals surface area contributed by atoms with E-state index in [2.05, 4.69) is 0 Å². The van der Waals surface area contributed by atoms with Crippen molar-refractivity contribution in [3.05, 3.63) is 73.8 Å². The number of carbonyl (C=O) groups excluding carboxylic acids is 2. The third-order valence-electron chi connectivity index (χ3n) is 3.14. The predicted octanol–water partition coefficient (Wildman–Crippen LogP) is 2.90. The lowest BCUT2D eigenvalue weighted by Gasteiger charge is -2.06. The van der Waals surface area contributed by atoms with Crippen LogP contribution in [0.4, 0.5) is 11.4 Å². The lowest BCUT2D eigenvalue weighted by atomic mass is 10.1. The Morgan fingerprint density at radius 2 is 1.42 bits per heavy atom. The van der Waals surface area contributed by atoms with Crippen LogP contribution in [0.1, 0.15) is 27.6 Å². The molecule has 0 N–H and O–H groups in total. The monoisotopic (exact) mass is 360 g/mol. The highest BCUT2D eigenvalue weighted by Gasteiger charge is 2.21. The van der Waals surface area contributed by atoms with E-state index in [0.29, 0.717) is 0 Å². The minimum absolute atomic E-state index is 0.0530. The molecule has 0 unspecified atom stereocenters. The summed E-state index contributed by atoms with van der Waals surface area (Å²) in [5, 5.41) is 21.7. The molecule has 10 nitrogen and oxygen atoms in total. The van der Waals surface area contributed by atoms with Crippen molar-refractivity contribution in [1.29, 1.82) is 0 Å². The summed E-state index contributed by atoms with van der Waals surface area (Å²) in [5.41, 5.74) is -1.31. The van der Waals surface area contributed by atoms with E-state index in [1.807, 2.05) is 0 Å². The highest BCUT2D eigenvalue weighted by Crippen LogP contribution is 2.24. The Hall–Kier alpha value is -3.82. The number of nitro groups is 2. The van der Waals surface area contributed by atoms with Gasteiger partial charge in [0.25, 0.3) is 11.4 Å². The maximum Gasteiger partial charge on any atom is 0.344 e. The molecule has 0 aliphatic carbocycles. The normalized spacial score (nSPS) is 10.0. The summed E-state index contributed by atoms with van der Waals surface area (Å²) in [5.74, 6) is -1.50. The van der Waals surface area contributed by atoms with Crippen LogP contribution in [-0.2, 0) is 4.74 Å². The Labute approximate surface area is 146 Å². The molecule has 2 aromatic rings. The van der Waals surface area contributed by atoms with Gasteiger partial charge in [-0.25, -0.2) is 9.59 Å². The number of nitro benzene ring substituents is 2. The first-order chi connectivity index (χ1) is 12.3. The minimum Gasteiger partial charge on any atom is -0.462 e. The molecule has 2 rings (SSSR count). The molecule has 0 saturated heterocycles. The van der Waals surface area contributed by atoms with Gasteiger partial charge in [0.05, 0.1) is 33.6 Å². The van der Waals surface area contributed by atoms with Crippen LogP contribution in [0, 0.1) is 20.2 Å². The summed E-state index contributed by atoms with van der Waals surface area (Å²) in [6, 6.07) is 7.90. The maximum absolute atomic E-state index is 12.1. The highest BCUT2D eigenvalue weighted by molar-refractivity contribution is 5.93. The zero-order valence-electron chi connectivity index (χ0n) is 13.4. The van der Waals surface area contributed by atoms with Gasteiger partial charge >= 0.3 is 11.9 Å². The summed E-state index contributed by atoms with van der Waals surface area (Å²) in [6.45, 7) is 1.87. The van der Waals surface area contributed by atoms with Gasteiger partial charge in [0.2, 0.25) is 0 Å². The van der Waals surface area contributed by atoms with Crippen molar-refractivity contribution in [2.24, 2.45) is 0 Å². The molecule has 0 aromatic heterocycles.